The topological polar surface area (TPSA) is 83.1 Å². The van der Waals surface area contributed by atoms with Crippen molar-refractivity contribution in [2.75, 3.05) is 25.0 Å². The van der Waals surface area contributed by atoms with Crippen LogP contribution in [0.3, 0.4) is 0 Å². The Hall–Kier alpha value is -3.00. The summed E-state index contributed by atoms with van der Waals surface area (Å²) in [7, 11) is 0. The molecule has 6 nitrogen and oxygen atoms in total. The largest absolute Gasteiger partial charge is 0.360 e. The van der Waals surface area contributed by atoms with Gasteiger partial charge in [-0.15, -0.1) is 0 Å². The molecule has 1 aromatic heterocycles. The van der Waals surface area contributed by atoms with Crippen molar-refractivity contribution >= 4 is 38.5 Å². The van der Waals surface area contributed by atoms with Crippen molar-refractivity contribution in [3.05, 3.63) is 59.9 Å². The van der Waals surface area contributed by atoms with E-state index in [1.54, 1.807) is 17.4 Å². The second-order valence-electron chi connectivity index (χ2n) is 5.43. The summed E-state index contributed by atoms with van der Waals surface area (Å²) in [6, 6.07) is 13.5. The van der Waals surface area contributed by atoms with Crippen LogP contribution < -0.4 is 16.0 Å². The Kier molecular flexibility index (Phi) is 5.75. The van der Waals surface area contributed by atoms with Crippen LogP contribution in [0.25, 0.3) is 10.2 Å². The van der Waals surface area contributed by atoms with Crippen LogP contribution in [-0.2, 0) is 4.79 Å². The number of nitrogens with one attached hydrogen (secondary N) is 3. The zero-order valence-electron chi connectivity index (χ0n) is 13.8. The number of carbonyl (C=O) groups excluding carboxylic acids is 2. The summed E-state index contributed by atoms with van der Waals surface area (Å²) in [5.41, 5.74) is 0.845. The minimum absolute atomic E-state index is 0.0854. The number of halogens is 1. The first-order chi connectivity index (χ1) is 12.6. The van der Waals surface area contributed by atoms with Crippen LogP contribution >= 0.6 is 11.3 Å². The first-order valence-electron chi connectivity index (χ1n) is 8.02. The summed E-state index contributed by atoms with van der Waals surface area (Å²) >= 11 is 1.54. The van der Waals surface area contributed by atoms with Crippen molar-refractivity contribution in [2.45, 2.75) is 0 Å². The number of hydrogen-bond donors (Lipinski definition) is 3. The predicted octanol–water partition coefficient (Wildman–Crippen LogP) is 2.39. The summed E-state index contributed by atoms with van der Waals surface area (Å²) < 4.78 is 14.6. The van der Waals surface area contributed by atoms with Gasteiger partial charge in [0, 0.05) is 13.1 Å². The van der Waals surface area contributed by atoms with E-state index >= 15 is 0 Å². The van der Waals surface area contributed by atoms with Crippen molar-refractivity contribution in [1.29, 1.82) is 0 Å². The Morgan fingerprint density at radius 1 is 1.00 bits per heavy atom. The summed E-state index contributed by atoms with van der Waals surface area (Å²) in [6.07, 6.45) is 0. The minimum atomic E-state index is -0.620. The van der Waals surface area contributed by atoms with E-state index in [1.165, 1.54) is 18.2 Å². The smallest absolute Gasteiger partial charge is 0.254 e. The highest BCUT2D eigenvalue weighted by Gasteiger charge is 2.11. The van der Waals surface area contributed by atoms with Gasteiger partial charge >= 0.3 is 0 Å². The van der Waals surface area contributed by atoms with Crippen LogP contribution in [-0.4, -0.2) is 36.4 Å². The molecule has 3 rings (SSSR count). The maximum Gasteiger partial charge on any atom is 0.254 e. The molecular weight excluding hydrogens is 355 g/mol. The first kappa shape index (κ1) is 17.8. The van der Waals surface area contributed by atoms with Gasteiger partial charge in [0.25, 0.3) is 5.91 Å². The Morgan fingerprint density at radius 3 is 2.58 bits per heavy atom. The lowest BCUT2D eigenvalue weighted by Crippen LogP contribution is -2.38. The highest BCUT2D eigenvalue weighted by atomic mass is 32.1. The standard InChI is InChI=1S/C18H17FN4O2S/c19-13-6-2-1-5-12(13)17(25)22-11-16(24)20-9-10-21-18-23-14-7-3-4-8-15(14)26-18/h1-8H,9-11H2,(H,20,24)(H,21,23)(H,22,25). The Labute approximate surface area is 153 Å². The van der Waals surface area contributed by atoms with E-state index in [1.807, 2.05) is 24.3 Å². The molecule has 26 heavy (non-hydrogen) atoms. The number of thiazole rings is 1. The molecule has 0 aliphatic carbocycles. The lowest BCUT2D eigenvalue weighted by atomic mass is 10.2. The third kappa shape index (κ3) is 4.54. The number of carbonyl (C=O) groups is 2. The van der Waals surface area contributed by atoms with Crippen molar-refractivity contribution < 1.29 is 14.0 Å². The fourth-order valence-corrected chi connectivity index (χ4v) is 3.17. The summed E-state index contributed by atoms with van der Waals surface area (Å²) in [5, 5.41) is 9.00. The van der Waals surface area contributed by atoms with Crippen molar-refractivity contribution in [2.24, 2.45) is 0 Å². The van der Waals surface area contributed by atoms with Crippen molar-refractivity contribution in [1.82, 2.24) is 15.6 Å². The molecule has 0 saturated carbocycles. The number of rotatable bonds is 7. The summed E-state index contributed by atoms with van der Waals surface area (Å²) in [5.74, 6) is -1.59. The van der Waals surface area contributed by atoms with E-state index in [9.17, 15) is 14.0 Å². The van der Waals surface area contributed by atoms with Gasteiger partial charge in [-0.25, -0.2) is 9.37 Å². The van der Waals surface area contributed by atoms with Gasteiger partial charge in [-0.3, -0.25) is 9.59 Å². The zero-order valence-corrected chi connectivity index (χ0v) is 14.6. The molecule has 0 radical (unpaired) electrons. The van der Waals surface area contributed by atoms with Crippen LogP contribution in [0.5, 0.6) is 0 Å². The number of benzene rings is 2. The molecule has 0 fully saturated rings. The molecule has 0 aliphatic heterocycles. The summed E-state index contributed by atoms with van der Waals surface area (Å²) in [4.78, 5) is 28.0. The van der Waals surface area contributed by atoms with Gasteiger partial charge in [-0.2, -0.15) is 0 Å². The monoisotopic (exact) mass is 372 g/mol. The molecule has 134 valence electrons. The van der Waals surface area contributed by atoms with E-state index < -0.39 is 11.7 Å². The number of amides is 2. The van der Waals surface area contributed by atoms with Crippen molar-refractivity contribution in [3.63, 3.8) is 0 Å². The molecule has 0 spiro atoms. The van der Waals surface area contributed by atoms with Crippen LogP contribution in [0.2, 0.25) is 0 Å². The van der Waals surface area contributed by atoms with E-state index in [0.29, 0.717) is 13.1 Å². The number of anilines is 1. The average molecular weight is 372 g/mol. The molecule has 0 unspecified atom stereocenters. The average Bonchev–Trinajstić information content (AvgIpc) is 3.06. The van der Waals surface area contributed by atoms with E-state index in [0.717, 1.165) is 15.3 Å². The molecular formula is C18H17FN4O2S. The molecule has 1 heterocycles. The lowest BCUT2D eigenvalue weighted by molar-refractivity contribution is -0.120. The maximum atomic E-state index is 13.5. The van der Waals surface area contributed by atoms with Gasteiger partial charge < -0.3 is 16.0 Å². The van der Waals surface area contributed by atoms with E-state index in [2.05, 4.69) is 20.9 Å². The highest BCUT2D eigenvalue weighted by molar-refractivity contribution is 7.22. The van der Waals surface area contributed by atoms with E-state index in [-0.39, 0.29) is 18.0 Å². The van der Waals surface area contributed by atoms with Gasteiger partial charge in [0.1, 0.15) is 5.82 Å². The Morgan fingerprint density at radius 2 is 1.77 bits per heavy atom. The number of para-hydroxylation sites is 1. The normalized spacial score (nSPS) is 10.5. The molecule has 0 saturated heterocycles. The number of aromatic nitrogens is 1. The quantitative estimate of drug-likeness (QED) is 0.556. The predicted molar refractivity (Wildman–Crippen MR) is 99.9 cm³/mol. The fourth-order valence-electron chi connectivity index (χ4n) is 2.28. The van der Waals surface area contributed by atoms with Gasteiger partial charge in [0.2, 0.25) is 5.91 Å². The molecule has 3 N–H and O–H groups in total. The molecule has 2 amide bonds. The Bertz CT molecular complexity index is 895. The van der Waals surface area contributed by atoms with Crippen LogP contribution in [0.4, 0.5) is 9.52 Å². The van der Waals surface area contributed by atoms with Gasteiger partial charge in [0.05, 0.1) is 22.3 Å². The third-order valence-electron chi connectivity index (χ3n) is 3.55. The Balaban J connectivity index is 1.37. The second kappa shape index (κ2) is 8.39. The molecule has 0 aliphatic rings. The highest BCUT2D eigenvalue weighted by Crippen LogP contribution is 2.24. The third-order valence-corrected chi connectivity index (χ3v) is 4.54. The fraction of sp³-hybridized carbons (Fsp3) is 0.167. The maximum absolute atomic E-state index is 13.5. The number of nitrogens with zero attached hydrogens (tertiary/aromatic N) is 1. The zero-order chi connectivity index (χ0) is 18.4. The lowest BCUT2D eigenvalue weighted by Gasteiger charge is -2.08. The van der Waals surface area contributed by atoms with Crippen LogP contribution in [0, 0.1) is 5.82 Å². The molecule has 0 atom stereocenters. The van der Waals surface area contributed by atoms with Crippen LogP contribution in [0.1, 0.15) is 10.4 Å². The molecule has 8 heteroatoms. The first-order valence-corrected chi connectivity index (χ1v) is 8.84. The van der Waals surface area contributed by atoms with Gasteiger partial charge in [-0.05, 0) is 24.3 Å². The summed E-state index contributed by atoms with van der Waals surface area (Å²) in [6.45, 7) is 0.672. The minimum Gasteiger partial charge on any atom is -0.360 e. The molecule has 3 aromatic rings. The van der Waals surface area contributed by atoms with Crippen molar-refractivity contribution in [3.8, 4) is 0 Å². The molecule has 2 aromatic carbocycles. The number of hydrogen-bond acceptors (Lipinski definition) is 5. The van der Waals surface area contributed by atoms with Crippen LogP contribution in [0.15, 0.2) is 48.5 Å². The SMILES string of the molecule is O=C(CNC(=O)c1ccccc1F)NCCNc1nc2ccccc2s1. The second-order valence-corrected chi connectivity index (χ2v) is 6.46. The van der Waals surface area contributed by atoms with E-state index in [4.69, 9.17) is 0 Å². The molecule has 0 bridgehead atoms. The van der Waals surface area contributed by atoms with Gasteiger partial charge in [-0.1, -0.05) is 35.6 Å². The number of fused-ring (bicyclic) bond motifs is 1. The van der Waals surface area contributed by atoms with Gasteiger partial charge in [0.15, 0.2) is 5.13 Å².